The molecule has 0 fully saturated rings. The minimum Gasteiger partial charge on any atom is -0.305 e. The number of rotatable bonds is 4. The van der Waals surface area contributed by atoms with Crippen molar-refractivity contribution in [3.63, 3.8) is 0 Å². The Labute approximate surface area is 95.6 Å². The molecule has 0 aliphatic carbocycles. The average molecular weight is 253 g/mol. The van der Waals surface area contributed by atoms with E-state index in [-0.39, 0.29) is 0 Å². The first kappa shape index (κ1) is 13.9. The molecule has 0 spiro atoms. The van der Waals surface area contributed by atoms with Crippen LogP contribution in [-0.4, -0.2) is 13.0 Å². The second-order valence-electron chi connectivity index (χ2n) is 3.64. The van der Waals surface area contributed by atoms with Gasteiger partial charge in [-0.1, -0.05) is 12.1 Å². The second kappa shape index (κ2) is 5.44. The number of benzene rings is 1. The summed E-state index contributed by atoms with van der Waals surface area (Å²) in [6.45, 7) is 0.995. The van der Waals surface area contributed by atoms with Crippen LogP contribution in [0.2, 0.25) is 0 Å². The number of alkyl halides is 5. The van der Waals surface area contributed by atoms with Crippen LogP contribution in [0.1, 0.15) is 24.1 Å². The first-order valence-corrected chi connectivity index (χ1v) is 4.99. The first-order valence-electron chi connectivity index (χ1n) is 4.99. The summed E-state index contributed by atoms with van der Waals surface area (Å²) in [7, 11) is 0. The van der Waals surface area contributed by atoms with E-state index in [0.717, 1.165) is 12.1 Å². The Balaban J connectivity index is 2.77. The van der Waals surface area contributed by atoms with E-state index < -0.39 is 30.8 Å². The fraction of sp³-hybridized carbons (Fsp3) is 0.455. The lowest BCUT2D eigenvalue weighted by molar-refractivity contribution is -0.137. The van der Waals surface area contributed by atoms with Crippen LogP contribution in [0.25, 0.3) is 0 Å². The maximum Gasteiger partial charge on any atom is 0.416 e. The lowest BCUT2D eigenvalue weighted by Gasteiger charge is -2.15. The lowest BCUT2D eigenvalue weighted by Crippen LogP contribution is -2.24. The summed E-state index contributed by atoms with van der Waals surface area (Å²) >= 11 is 0. The summed E-state index contributed by atoms with van der Waals surface area (Å²) in [5.41, 5.74) is -0.443. The number of halogens is 5. The van der Waals surface area contributed by atoms with Crippen molar-refractivity contribution in [2.75, 3.05) is 6.54 Å². The van der Waals surface area contributed by atoms with Gasteiger partial charge in [-0.25, -0.2) is 8.78 Å². The summed E-state index contributed by atoms with van der Waals surface area (Å²) in [6, 6.07) is 4.09. The standard InChI is InChI=1S/C11H12F5N/c1-7(17-6-10(12)13)8-3-2-4-9(5-8)11(14,15)16/h2-5,7,10,17H,6H2,1H3. The van der Waals surface area contributed by atoms with E-state index in [1.54, 1.807) is 0 Å². The summed E-state index contributed by atoms with van der Waals surface area (Å²) < 4.78 is 61.1. The van der Waals surface area contributed by atoms with Gasteiger partial charge in [0.05, 0.1) is 12.1 Å². The van der Waals surface area contributed by atoms with Gasteiger partial charge in [-0.2, -0.15) is 13.2 Å². The highest BCUT2D eigenvalue weighted by Crippen LogP contribution is 2.30. The molecule has 6 heteroatoms. The van der Waals surface area contributed by atoms with Crippen LogP contribution in [0, 0.1) is 0 Å². The minimum absolute atomic E-state index is 0.334. The van der Waals surface area contributed by atoms with E-state index >= 15 is 0 Å². The highest BCUT2D eigenvalue weighted by atomic mass is 19.4. The van der Waals surface area contributed by atoms with Crippen LogP contribution < -0.4 is 5.32 Å². The summed E-state index contributed by atoms with van der Waals surface area (Å²) in [5.74, 6) is 0. The third-order valence-electron chi connectivity index (χ3n) is 2.29. The van der Waals surface area contributed by atoms with Crippen molar-refractivity contribution < 1.29 is 22.0 Å². The summed E-state index contributed by atoms with van der Waals surface area (Å²) in [4.78, 5) is 0. The molecule has 0 bridgehead atoms. The molecule has 1 unspecified atom stereocenters. The molecule has 96 valence electrons. The molecule has 1 atom stereocenters. The van der Waals surface area contributed by atoms with E-state index in [4.69, 9.17) is 0 Å². The van der Waals surface area contributed by atoms with Crippen LogP contribution in [0.15, 0.2) is 24.3 Å². The Morgan fingerprint density at radius 3 is 2.41 bits per heavy atom. The fourth-order valence-electron chi connectivity index (χ4n) is 1.37. The first-order chi connectivity index (χ1) is 7.80. The molecule has 0 amide bonds. The van der Waals surface area contributed by atoms with Crippen molar-refractivity contribution in [2.45, 2.75) is 25.6 Å². The molecule has 0 saturated heterocycles. The van der Waals surface area contributed by atoms with Crippen molar-refractivity contribution >= 4 is 0 Å². The molecule has 0 aliphatic rings. The number of hydrogen-bond acceptors (Lipinski definition) is 1. The van der Waals surface area contributed by atoms with Gasteiger partial charge in [-0.3, -0.25) is 0 Å². The zero-order valence-electron chi connectivity index (χ0n) is 9.06. The van der Waals surface area contributed by atoms with Gasteiger partial charge in [-0.15, -0.1) is 0 Å². The smallest absolute Gasteiger partial charge is 0.305 e. The molecule has 1 N–H and O–H groups in total. The normalized spacial score (nSPS) is 14.1. The molecule has 0 radical (unpaired) electrons. The van der Waals surface area contributed by atoms with Crippen molar-refractivity contribution in [3.05, 3.63) is 35.4 Å². The Hall–Kier alpha value is -1.17. The third kappa shape index (κ3) is 4.30. The Bertz CT molecular complexity index is 361. The molecule has 1 aromatic rings. The van der Waals surface area contributed by atoms with E-state index in [1.807, 2.05) is 0 Å². The van der Waals surface area contributed by atoms with E-state index in [9.17, 15) is 22.0 Å². The van der Waals surface area contributed by atoms with Gasteiger partial charge in [-0.05, 0) is 24.6 Å². The number of nitrogens with one attached hydrogen (secondary N) is 1. The fourth-order valence-corrected chi connectivity index (χ4v) is 1.37. The molecule has 0 heterocycles. The van der Waals surface area contributed by atoms with Gasteiger partial charge in [0, 0.05) is 6.04 Å². The van der Waals surface area contributed by atoms with Crippen LogP contribution in [0.4, 0.5) is 22.0 Å². The SMILES string of the molecule is CC(NCC(F)F)c1cccc(C(F)(F)F)c1. The van der Waals surface area contributed by atoms with E-state index in [1.165, 1.54) is 19.1 Å². The zero-order chi connectivity index (χ0) is 13.1. The van der Waals surface area contributed by atoms with Crippen LogP contribution >= 0.6 is 0 Å². The van der Waals surface area contributed by atoms with Gasteiger partial charge < -0.3 is 5.32 Å². The predicted octanol–water partition coefficient (Wildman–Crippen LogP) is 3.62. The minimum atomic E-state index is -4.42. The monoisotopic (exact) mass is 253 g/mol. The highest BCUT2D eigenvalue weighted by molar-refractivity contribution is 5.27. The van der Waals surface area contributed by atoms with Crippen molar-refractivity contribution in [2.24, 2.45) is 0 Å². The van der Waals surface area contributed by atoms with E-state index in [2.05, 4.69) is 5.32 Å². The molecule has 1 rings (SSSR count). The zero-order valence-corrected chi connectivity index (χ0v) is 9.06. The molecule has 0 aromatic heterocycles. The Kier molecular flexibility index (Phi) is 4.45. The second-order valence-corrected chi connectivity index (χ2v) is 3.64. The largest absolute Gasteiger partial charge is 0.416 e. The quantitative estimate of drug-likeness (QED) is 0.808. The van der Waals surface area contributed by atoms with Gasteiger partial charge in [0.1, 0.15) is 0 Å². The van der Waals surface area contributed by atoms with Gasteiger partial charge in [0.2, 0.25) is 0 Å². The van der Waals surface area contributed by atoms with Gasteiger partial charge >= 0.3 is 6.18 Å². The Morgan fingerprint density at radius 1 is 1.24 bits per heavy atom. The molecule has 1 nitrogen and oxygen atoms in total. The Morgan fingerprint density at radius 2 is 1.88 bits per heavy atom. The average Bonchev–Trinajstić information content (AvgIpc) is 2.25. The van der Waals surface area contributed by atoms with Crippen LogP contribution in [0.5, 0.6) is 0 Å². The van der Waals surface area contributed by atoms with E-state index in [0.29, 0.717) is 5.56 Å². The molecule has 0 saturated carbocycles. The molecule has 1 aromatic carbocycles. The maximum atomic E-state index is 12.4. The molecular weight excluding hydrogens is 241 g/mol. The summed E-state index contributed by atoms with van der Waals surface area (Å²) in [5, 5.41) is 2.46. The van der Waals surface area contributed by atoms with Crippen LogP contribution in [-0.2, 0) is 6.18 Å². The van der Waals surface area contributed by atoms with Crippen molar-refractivity contribution in [3.8, 4) is 0 Å². The molecular formula is C11H12F5N. The third-order valence-corrected chi connectivity index (χ3v) is 2.29. The highest BCUT2D eigenvalue weighted by Gasteiger charge is 2.30. The molecule has 0 aliphatic heterocycles. The van der Waals surface area contributed by atoms with Crippen molar-refractivity contribution in [1.29, 1.82) is 0 Å². The number of hydrogen-bond donors (Lipinski definition) is 1. The maximum absolute atomic E-state index is 12.4. The predicted molar refractivity (Wildman–Crippen MR) is 53.9 cm³/mol. The van der Waals surface area contributed by atoms with Crippen molar-refractivity contribution in [1.82, 2.24) is 5.32 Å². The van der Waals surface area contributed by atoms with Crippen LogP contribution in [0.3, 0.4) is 0 Å². The topological polar surface area (TPSA) is 12.0 Å². The lowest BCUT2D eigenvalue weighted by atomic mass is 10.0. The molecule has 17 heavy (non-hydrogen) atoms. The van der Waals surface area contributed by atoms with Gasteiger partial charge in [0.15, 0.2) is 0 Å². The van der Waals surface area contributed by atoms with Gasteiger partial charge in [0.25, 0.3) is 6.43 Å². The summed E-state index contributed by atoms with van der Waals surface area (Å²) in [6.07, 6.45) is -6.94.